The Bertz CT molecular complexity index is 1260. The van der Waals surface area contributed by atoms with Crippen LogP contribution < -0.4 is 0 Å². The first-order valence-electron chi connectivity index (χ1n) is 11.5. The SMILES string of the molecule is COC(=O)c1cc(C(=O)N2CCC3(CCN(C(=O)c4c(F)ccc(C)c4F)CC3)C2)cc([N+](=O)[O-])c1. The first-order chi connectivity index (χ1) is 17.0. The van der Waals surface area contributed by atoms with Crippen molar-refractivity contribution in [3.8, 4) is 0 Å². The van der Waals surface area contributed by atoms with Gasteiger partial charge in [0.05, 0.1) is 17.6 Å². The van der Waals surface area contributed by atoms with Gasteiger partial charge in [0.25, 0.3) is 17.5 Å². The fraction of sp³-hybridized carbons (Fsp3) is 0.400. The number of ether oxygens (including phenoxy) is 1. The van der Waals surface area contributed by atoms with Gasteiger partial charge in [-0.3, -0.25) is 19.7 Å². The highest BCUT2D eigenvalue weighted by atomic mass is 19.1. The lowest BCUT2D eigenvalue weighted by Crippen LogP contribution is -2.45. The number of likely N-dealkylation sites (tertiary alicyclic amines) is 2. The van der Waals surface area contributed by atoms with E-state index in [9.17, 15) is 33.3 Å². The summed E-state index contributed by atoms with van der Waals surface area (Å²) in [6.07, 6.45) is 1.74. The second-order valence-electron chi connectivity index (χ2n) is 9.34. The summed E-state index contributed by atoms with van der Waals surface area (Å²) in [7, 11) is 1.14. The maximum atomic E-state index is 14.4. The van der Waals surface area contributed by atoms with E-state index in [1.54, 1.807) is 4.90 Å². The van der Waals surface area contributed by atoms with Gasteiger partial charge in [0.1, 0.15) is 17.2 Å². The molecule has 4 rings (SSSR count). The third kappa shape index (κ3) is 4.65. The van der Waals surface area contributed by atoms with Gasteiger partial charge in [0.2, 0.25) is 0 Å². The maximum Gasteiger partial charge on any atom is 0.338 e. The number of hydrogen-bond donors (Lipinski definition) is 0. The van der Waals surface area contributed by atoms with Gasteiger partial charge in [0, 0.05) is 43.9 Å². The average molecular weight is 501 g/mol. The number of esters is 1. The molecule has 0 N–H and O–H groups in total. The Hall–Kier alpha value is -3.89. The molecule has 0 radical (unpaired) electrons. The lowest BCUT2D eigenvalue weighted by atomic mass is 9.77. The highest BCUT2D eigenvalue weighted by molar-refractivity contribution is 5.99. The van der Waals surface area contributed by atoms with Crippen molar-refractivity contribution in [2.24, 2.45) is 5.41 Å². The average Bonchev–Trinajstić information content (AvgIpc) is 3.28. The summed E-state index contributed by atoms with van der Waals surface area (Å²) >= 11 is 0. The highest BCUT2D eigenvalue weighted by Gasteiger charge is 2.43. The third-order valence-corrected chi connectivity index (χ3v) is 7.13. The fourth-order valence-electron chi connectivity index (χ4n) is 4.97. The fourth-order valence-corrected chi connectivity index (χ4v) is 4.97. The Morgan fingerprint density at radius 3 is 2.19 bits per heavy atom. The monoisotopic (exact) mass is 501 g/mol. The van der Waals surface area contributed by atoms with E-state index in [0.29, 0.717) is 32.4 Å². The predicted molar refractivity (Wildman–Crippen MR) is 124 cm³/mol. The molecule has 0 bridgehead atoms. The van der Waals surface area contributed by atoms with E-state index in [-0.39, 0.29) is 35.2 Å². The topological polar surface area (TPSA) is 110 Å². The maximum absolute atomic E-state index is 14.4. The number of carbonyl (C=O) groups is 3. The van der Waals surface area contributed by atoms with Crippen LogP contribution in [0.5, 0.6) is 0 Å². The molecule has 2 saturated heterocycles. The first-order valence-corrected chi connectivity index (χ1v) is 11.5. The zero-order chi connectivity index (χ0) is 26.2. The van der Waals surface area contributed by atoms with Gasteiger partial charge in [-0.25, -0.2) is 13.6 Å². The molecule has 0 unspecified atom stereocenters. The number of hydrogen-bond acceptors (Lipinski definition) is 6. The van der Waals surface area contributed by atoms with Gasteiger partial charge in [0.15, 0.2) is 0 Å². The number of nitro benzene ring substituents is 1. The van der Waals surface area contributed by atoms with Crippen LogP contribution in [-0.2, 0) is 4.74 Å². The quantitative estimate of drug-likeness (QED) is 0.359. The molecule has 2 aromatic rings. The molecule has 1 spiro atoms. The van der Waals surface area contributed by atoms with Gasteiger partial charge in [-0.05, 0) is 49.3 Å². The Balaban J connectivity index is 1.46. The Kier molecular flexibility index (Phi) is 6.75. The highest BCUT2D eigenvalue weighted by Crippen LogP contribution is 2.41. The smallest absolute Gasteiger partial charge is 0.338 e. The minimum Gasteiger partial charge on any atom is -0.465 e. The molecule has 2 amide bonds. The van der Waals surface area contributed by atoms with Crippen molar-refractivity contribution in [2.75, 3.05) is 33.3 Å². The largest absolute Gasteiger partial charge is 0.465 e. The van der Waals surface area contributed by atoms with Crippen molar-refractivity contribution >= 4 is 23.5 Å². The summed E-state index contributed by atoms with van der Waals surface area (Å²) in [5.74, 6) is -3.68. The van der Waals surface area contributed by atoms with Gasteiger partial charge >= 0.3 is 5.97 Å². The summed E-state index contributed by atoms with van der Waals surface area (Å²) in [6.45, 7) is 2.83. The van der Waals surface area contributed by atoms with Crippen LogP contribution in [0.25, 0.3) is 0 Å². The second kappa shape index (κ2) is 9.63. The van der Waals surface area contributed by atoms with E-state index in [1.165, 1.54) is 24.0 Å². The number of piperidine rings is 1. The number of amides is 2. The molecular weight excluding hydrogens is 476 g/mol. The molecule has 2 aromatic carbocycles. The molecule has 11 heteroatoms. The number of carbonyl (C=O) groups excluding carboxylic acids is 3. The van der Waals surface area contributed by atoms with Crippen LogP contribution in [0, 0.1) is 34.1 Å². The number of rotatable bonds is 4. The normalized spacial score (nSPS) is 16.8. The molecule has 0 aliphatic carbocycles. The zero-order valence-corrected chi connectivity index (χ0v) is 19.9. The molecule has 2 fully saturated rings. The number of methoxy groups -OCH3 is 1. The number of halogens is 2. The van der Waals surface area contributed by atoms with E-state index in [0.717, 1.165) is 25.3 Å². The molecule has 9 nitrogen and oxygen atoms in total. The van der Waals surface area contributed by atoms with Crippen LogP contribution in [0.4, 0.5) is 14.5 Å². The predicted octanol–water partition coefficient (Wildman–Crippen LogP) is 3.74. The summed E-state index contributed by atoms with van der Waals surface area (Å²) in [4.78, 5) is 51.6. The zero-order valence-electron chi connectivity index (χ0n) is 19.9. The van der Waals surface area contributed by atoms with Crippen LogP contribution in [0.1, 0.15) is 55.9 Å². The van der Waals surface area contributed by atoms with Gasteiger partial charge in [-0.1, -0.05) is 6.07 Å². The standard InChI is InChI=1S/C25H25F2N3O6/c1-15-3-4-19(26)20(21(15)27)23(32)28-8-5-25(6-9-28)7-10-29(14-25)22(31)16-11-17(24(33)36-2)13-18(12-16)30(34)35/h3-4,11-13H,5-10,14H2,1-2H3. The number of aryl methyl sites for hydroxylation is 1. The van der Waals surface area contributed by atoms with E-state index < -0.39 is 45.6 Å². The number of nitro groups is 1. The molecular formula is C25H25F2N3O6. The Labute approximate surface area is 205 Å². The van der Waals surface area contributed by atoms with Crippen LogP contribution >= 0.6 is 0 Å². The Morgan fingerprint density at radius 2 is 1.58 bits per heavy atom. The molecule has 2 heterocycles. The van der Waals surface area contributed by atoms with E-state index >= 15 is 0 Å². The molecule has 190 valence electrons. The van der Waals surface area contributed by atoms with Gasteiger partial charge in [-0.15, -0.1) is 0 Å². The first kappa shape index (κ1) is 25.2. The van der Waals surface area contributed by atoms with Crippen LogP contribution in [0.15, 0.2) is 30.3 Å². The van der Waals surface area contributed by atoms with E-state index in [2.05, 4.69) is 4.74 Å². The molecule has 36 heavy (non-hydrogen) atoms. The molecule has 0 aromatic heterocycles. The van der Waals surface area contributed by atoms with E-state index in [4.69, 9.17) is 0 Å². The minimum absolute atomic E-state index is 0.0136. The lowest BCUT2D eigenvalue weighted by Gasteiger charge is -2.39. The van der Waals surface area contributed by atoms with Crippen molar-refractivity contribution in [2.45, 2.75) is 26.2 Å². The number of non-ortho nitro benzene ring substituents is 1. The number of nitrogens with zero attached hydrogens (tertiary/aromatic N) is 3. The van der Waals surface area contributed by atoms with Crippen molar-refractivity contribution in [3.63, 3.8) is 0 Å². The van der Waals surface area contributed by atoms with Crippen LogP contribution in [0.3, 0.4) is 0 Å². The number of benzene rings is 2. The summed E-state index contributed by atoms with van der Waals surface area (Å²) in [5, 5.41) is 11.3. The second-order valence-corrected chi connectivity index (χ2v) is 9.34. The lowest BCUT2D eigenvalue weighted by molar-refractivity contribution is -0.384. The van der Waals surface area contributed by atoms with Crippen LogP contribution in [0.2, 0.25) is 0 Å². The van der Waals surface area contributed by atoms with Crippen molar-refractivity contribution in [3.05, 3.63) is 74.3 Å². The van der Waals surface area contributed by atoms with Crippen molar-refractivity contribution in [1.82, 2.24) is 9.80 Å². The van der Waals surface area contributed by atoms with Gasteiger partial charge < -0.3 is 14.5 Å². The van der Waals surface area contributed by atoms with Crippen molar-refractivity contribution < 1.29 is 32.8 Å². The molecule has 2 aliphatic rings. The minimum atomic E-state index is -0.899. The Morgan fingerprint density at radius 1 is 0.972 bits per heavy atom. The molecule has 2 aliphatic heterocycles. The summed E-state index contributed by atoms with van der Waals surface area (Å²) in [5.41, 5.74) is -1.11. The van der Waals surface area contributed by atoms with E-state index in [1.807, 2.05) is 0 Å². The summed E-state index contributed by atoms with van der Waals surface area (Å²) in [6, 6.07) is 5.83. The van der Waals surface area contributed by atoms with Crippen LogP contribution in [-0.4, -0.2) is 65.8 Å². The molecule has 0 saturated carbocycles. The van der Waals surface area contributed by atoms with Gasteiger partial charge in [-0.2, -0.15) is 0 Å². The third-order valence-electron chi connectivity index (χ3n) is 7.13. The summed E-state index contributed by atoms with van der Waals surface area (Å²) < 4.78 is 33.3. The molecule has 0 atom stereocenters. The van der Waals surface area contributed by atoms with Crippen molar-refractivity contribution in [1.29, 1.82) is 0 Å².